The molecule has 2 aliphatic carbocycles. The highest BCUT2D eigenvalue weighted by molar-refractivity contribution is 7.92. The normalized spacial score (nSPS) is 20.4. The third kappa shape index (κ3) is 6.42. The number of aryl methyl sites for hydroxylation is 1. The Morgan fingerprint density at radius 1 is 1.07 bits per heavy atom. The average molecular weight is 663 g/mol. The quantitative estimate of drug-likeness (QED) is 0.214. The Morgan fingerprint density at radius 2 is 1.76 bits per heavy atom. The first-order valence-electron chi connectivity index (χ1n) is 13.8. The standard InChI is InChI=1S/C30H26F4N4O7S/c1-45-23-12-22(31)20(17-13-35-24(36-14-17)7-8-25(39)40)11-21(23)28(41)38-27-16-6-5-15(9-16)26(27)29(42)37-18-3-2-4-19(10-18)46(43,44)30(32,33)34/h2-6,10-16,26-27H,7-9H2,1H3,(H,37,42)(H,38,41)(H,39,40)/t15-,16+,26+,27-/m1/s1. The number of nitrogens with zero attached hydrogens (tertiary/aromatic N) is 2. The van der Waals surface area contributed by atoms with E-state index < -0.39 is 55.8 Å². The predicted octanol–water partition coefficient (Wildman–Crippen LogP) is 4.16. The number of alkyl halides is 3. The van der Waals surface area contributed by atoms with Gasteiger partial charge in [0.25, 0.3) is 15.7 Å². The van der Waals surface area contributed by atoms with Crippen molar-refractivity contribution in [2.24, 2.45) is 17.8 Å². The van der Waals surface area contributed by atoms with Crippen molar-refractivity contribution in [3.63, 3.8) is 0 Å². The number of methoxy groups -OCH3 is 1. The van der Waals surface area contributed by atoms with Gasteiger partial charge in [-0.2, -0.15) is 13.2 Å². The molecule has 3 aromatic rings. The van der Waals surface area contributed by atoms with Crippen LogP contribution in [0.2, 0.25) is 0 Å². The van der Waals surface area contributed by atoms with E-state index in [2.05, 4.69) is 20.6 Å². The third-order valence-corrected chi connectivity index (χ3v) is 9.37. The molecule has 242 valence electrons. The van der Waals surface area contributed by atoms with E-state index in [4.69, 9.17) is 9.84 Å². The number of anilines is 1. The van der Waals surface area contributed by atoms with E-state index in [1.165, 1.54) is 31.6 Å². The molecule has 1 fully saturated rings. The first-order chi connectivity index (χ1) is 21.7. The summed E-state index contributed by atoms with van der Waals surface area (Å²) >= 11 is 0. The molecule has 1 aromatic heterocycles. The molecular weight excluding hydrogens is 636 g/mol. The van der Waals surface area contributed by atoms with Crippen LogP contribution >= 0.6 is 0 Å². The second kappa shape index (κ2) is 12.5. The molecule has 1 saturated carbocycles. The highest BCUT2D eigenvalue weighted by Crippen LogP contribution is 2.45. The minimum atomic E-state index is -5.65. The van der Waals surface area contributed by atoms with Crippen molar-refractivity contribution in [3.05, 3.63) is 78.1 Å². The highest BCUT2D eigenvalue weighted by Gasteiger charge is 2.49. The Morgan fingerprint density at radius 3 is 2.41 bits per heavy atom. The van der Waals surface area contributed by atoms with Crippen LogP contribution in [0.5, 0.6) is 5.75 Å². The van der Waals surface area contributed by atoms with Gasteiger partial charge in [-0.3, -0.25) is 14.4 Å². The summed E-state index contributed by atoms with van der Waals surface area (Å²) in [4.78, 5) is 45.0. The summed E-state index contributed by atoms with van der Waals surface area (Å²) in [7, 11) is -4.40. The van der Waals surface area contributed by atoms with Gasteiger partial charge in [-0.15, -0.1) is 0 Å². The molecule has 0 aliphatic heterocycles. The number of aromatic nitrogens is 2. The minimum absolute atomic E-state index is 0.0356. The van der Waals surface area contributed by atoms with Crippen LogP contribution < -0.4 is 15.4 Å². The number of fused-ring (bicyclic) bond motifs is 2. The number of nitrogens with one attached hydrogen (secondary N) is 2. The van der Waals surface area contributed by atoms with E-state index in [0.29, 0.717) is 12.5 Å². The van der Waals surface area contributed by atoms with Crippen LogP contribution in [0.25, 0.3) is 11.1 Å². The lowest BCUT2D eigenvalue weighted by molar-refractivity contribution is -0.137. The summed E-state index contributed by atoms with van der Waals surface area (Å²) in [6, 6.07) is 5.29. The van der Waals surface area contributed by atoms with Gasteiger partial charge < -0.3 is 20.5 Å². The van der Waals surface area contributed by atoms with Crippen molar-refractivity contribution in [2.45, 2.75) is 35.7 Å². The summed E-state index contributed by atoms with van der Waals surface area (Å²) in [6.07, 6.45) is 6.62. The molecule has 2 amide bonds. The predicted molar refractivity (Wildman–Crippen MR) is 154 cm³/mol. The van der Waals surface area contributed by atoms with Crippen LogP contribution in [0.1, 0.15) is 29.0 Å². The number of carboxylic acid groups (broad SMARTS) is 1. The van der Waals surface area contributed by atoms with Crippen LogP contribution in [0.3, 0.4) is 0 Å². The summed E-state index contributed by atoms with van der Waals surface area (Å²) < 4.78 is 83.2. The van der Waals surface area contributed by atoms with Crippen LogP contribution in [-0.2, 0) is 25.8 Å². The lowest BCUT2D eigenvalue weighted by atomic mass is 9.87. The van der Waals surface area contributed by atoms with E-state index in [1.807, 2.05) is 6.08 Å². The van der Waals surface area contributed by atoms with Crippen molar-refractivity contribution in [3.8, 4) is 16.9 Å². The van der Waals surface area contributed by atoms with Crippen LogP contribution in [-0.4, -0.2) is 59.9 Å². The van der Waals surface area contributed by atoms with Gasteiger partial charge in [0, 0.05) is 47.7 Å². The Bertz CT molecular complexity index is 1830. The Hall–Kier alpha value is -4.86. The second-order valence-electron chi connectivity index (χ2n) is 10.8. The molecular formula is C30H26F4N4O7S. The molecule has 5 rings (SSSR count). The largest absolute Gasteiger partial charge is 0.501 e. The first kappa shape index (κ1) is 32.5. The lowest BCUT2D eigenvalue weighted by Crippen LogP contribution is -2.47. The maximum Gasteiger partial charge on any atom is 0.501 e. The summed E-state index contributed by atoms with van der Waals surface area (Å²) in [5, 5.41) is 14.2. The molecule has 0 unspecified atom stereocenters. The maximum atomic E-state index is 15.1. The smallest absolute Gasteiger partial charge is 0.496 e. The number of halogens is 4. The number of rotatable bonds is 10. The number of amides is 2. The monoisotopic (exact) mass is 662 g/mol. The van der Waals surface area contributed by atoms with Crippen LogP contribution in [0.4, 0.5) is 23.2 Å². The zero-order chi connectivity index (χ0) is 33.4. The molecule has 16 heteroatoms. The van der Waals surface area contributed by atoms with Gasteiger partial charge in [-0.25, -0.2) is 22.8 Å². The molecule has 46 heavy (non-hydrogen) atoms. The van der Waals surface area contributed by atoms with E-state index in [-0.39, 0.29) is 58.6 Å². The van der Waals surface area contributed by atoms with Crippen molar-refractivity contribution in [2.75, 3.05) is 12.4 Å². The Balaban J connectivity index is 1.37. The highest BCUT2D eigenvalue weighted by atomic mass is 32.2. The van der Waals surface area contributed by atoms with E-state index >= 15 is 4.39 Å². The first-order valence-corrected chi connectivity index (χ1v) is 15.3. The van der Waals surface area contributed by atoms with Crippen LogP contribution in [0.15, 0.2) is 65.8 Å². The molecule has 2 aromatic carbocycles. The number of carbonyl (C=O) groups excluding carboxylic acids is 2. The molecule has 0 radical (unpaired) electrons. The second-order valence-corrected chi connectivity index (χ2v) is 12.7. The van der Waals surface area contributed by atoms with Gasteiger partial charge in [0.2, 0.25) is 5.91 Å². The number of ether oxygens (including phenoxy) is 1. The summed E-state index contributed by atoms with van der Waals surface area (Å²) in [6.45, 7) is 0. The fourth-order valence-electron chi connectivity index (χ4n) is 5.67. The molecule has 3 N–H and O–H groups in total. The fourth-order valence-corrected chi connectivity index (χ4v) is 6.48. The lowest BCUT2D eigenvalue weighted by Gasteiger charge is -2.28. The number of sulfone groups is 1. The minimum Gasteiger partial charge on any atom is -0.496 e. The van der Waals surface area contributed by atoms with Gasteiger partial charge in [0.05, 0.1) is 29.9 Å². The SMILES string of the molecule is COc1cc(F)c(-c2cnc(CCC(=O)O)nc2)cc1C(=O)N[C@H]1[C@@H](C(=O)Nc2cccc(S(=O)(=O)C(F)(F)F)c2)[C@@H]2C=C[C@H]1C2. The molecule has 1 heterocycles. The molecule has 2 bridgehead atoms. The molecule has 11 nitrogen and oxygen atoms in total. The zero-order valence-electron chi connectivity index (χ0n) is 23.9. The molecule has 4 atom stereocenters. The van der Waals surface area contributed by atoms with Crippen molar-refractivity contribution < 1.29 is 50.2 Å². The van der Waals surface area contributed by atoms with Crippen molar-refractivity contribution in [1.29, 1.82) is 0 Å². The van der Waals surface area contributed by atoms with Gasteiger partial charge >= 0.3 is 11.5 Å². The van der Waals surface area contributed by atoms with Gasteiger partial charge in [0.1, 0.15) is 17.4 Å². The van der Waals surface area contributed by atoms with E-state index in [9.17, 15) is 36.0 Å². The van der Waals surface area contributed by atoms with E-state index in [0.717, 1.165) is 18.2 Å². The fraction of sp³-hybridized carbons (Fsp3) is 0.300. The van der Waals surface area contributed by atoms with Crippen molar-refractivity contribution in [1.82, 2.24) is 15.3 Å². The number of carboxylic acids is 1. The topological polar surface area (TPSA) is 165 Å². The van der Waals surface area contributed by atoms with E-state index in [1.54, 1.807) is 6.08 Å². The number of carbonyl (C=O) groups is 3. The third-order valence-electron chi connectivity index (χ3n) is 7.89. The number of aliphatic carboxylic acids is 1. The van der Waals surface area contributed by atoms with Gasteiger partial charge in [0.15, 0.2) is 0 Å². The Kier molecular flexibility index (Phi) is 8.84. The molecule has 2 aliphatic rings. The molecule has 0 saturated heterocycles. The number of hydrogen-bond acceptors (Lipinski definition) is 8. The molecule has 0 spiro atoms. The van der Waals surface area contributed by atoms with Gasteiger partial charge in [-0.05, 0) is 42.5 Å². The number of hydrogen-bond donors (Lipinski definition) is 3. The average Bonchev–Trinajstić information content (AvgIpc) is 3.62. The van der Waals surface area contributed by atoms with Crippen LogP contribution in [0, 0.1) is 23.6 Å². The Labute approximate surface area is 259 Å². The summed E-state index contributed by atoms with van der Waals surface area (Å²) in [5.41, 5.74) is -5.59. The van der Waals surface area contributed by atoms with Crippen molar-refractivity contribution >= 4 is 33.3 Å². The number of allylic oxidation sites excluding steroid dienone is 1. The maximum absolute atomic E-state index is 15.1. The number of benzene rings is 2. The van der Waals surface area contributed by atoms with Gasteiger partial charge in [-0.1, -0.05) is 18.2 Å². The summed E-state index contributed by atoms with van der Waals surface area (Å²) in [5.74, 6) is -4.42. The zero-order valence-corrected chi connectivity index (χ0v) is 24.7.